The van der Waals surface area contributed by atoms with E-state index in [0.29, 0.717) is 0 Å². The van der Waals surface area contributed by atoms with E-state index in [1.165, 1.54) is 0 Å². The second-order valence-corrected chi connectivity index (χ2v) is 3.86. The highest BCUT2D eigenvalue weighted by atomic mass is 35.5. The number of furan rings is 1. The molecule has 2 heteroatoms. The van der Waals surface area contributed by atoms with Gasteiger partial charge in [-0.15, -0.1) is 0 Å². The molecule has 1 nitrogen and oxygen atoms in total. The zero-order chi connectivity index (χ0) is 10.1. The lowest BCUT2D eigenvalue weighted by molar-refractivity contribution is 0.548. The fourth-order valence-electron chi connectivity index (χ4n) is 1.47. The van der Waals surface area contributed by atoms with E-state index in [4.69, 9.17) is 16.0 Å². The monoisotopic (exact) mass is 206 g/mol. The van der Waals surface area contributed by atoms with E-state index >= 15 is 0 Å². The Morgan fingerprint density at radius 3 is 2.43 bits per heavy atom. The smallest absolute Gasteiger partial charge is 0.134 e. The van der Waals surface area contributed by atoms with Crippen molar-refractivity contribution in [2.75, 3.05) is 0 Å². The molecule has 0 saturated carbocycles. The Balaban J connectivity index is 2.51. The van der Waals surface area contributed by atoms with E-state index in [1.807, 2.05) is 38.1 Å². The summed E-state index contributed by atoms with van der Waals surface area (Å²) < 4.78 is 5.52. The predicted molar refractivity (Wildman–Crippen MR) is 58.6 cm³/mol. The molecule has 0 spiro atoms. The summed E-state index contributed by atoms with van der Waals surface area (Å²) in [6, 6.07) is 9.81. The van der Waals surface area contributed by atoms with Crippen LogP contribution in [0.15, 0.2) is 34.7 Å². The van der Waals surface area contributed by atoms with Crippen LogP contribution >= 0.6 is 11.6 Å². The maximum absolute atomic E-state index is 5.97. The van der Waals surface area contributed by atoms with Gasteiger partial charge in [-0.05, 0) is 49.7 Å². The minimum Gasteiger partial charge on any atom is -0.461 e. The van der Waals surface area contributed by atoms with Crippen molar-refractivity contribution < 1.29 is 4.42 Å². The fourth-order valence-corrected chi connectivity index (χ4v) is 1.76. The number of rotatable bonds is 1. The molecule has 72 valence electrons. The first-order chi connectivity index (χ1) is 6.65. The van der Waals surface area contributed by atoms with Crippen LogP contribution in [0, 0.1) is 13.8 Å². The highest BCUT2D eigenvalue weighted by Crippen LogP contribution is 2.26. The SMILES string of the molecule is Cc1cc(Cl)cc(-c2ccc(C)o2)c1. The summed E-state index contributed by atoms with van der Waals surface area (Å²) >= 11 is 5.97. The van der Waals surface area contributed by atoms with E-state index in [-0.39, 0.29) is 0 Å². The van der Waals surface area contributed by atoms with Gasteiger partial charge in [-0.3, -0.25) is 0 Å². The number of hydrogen-bond donors (Lipinski definition) is 0. The van der Waals surface area contributed by atoms with Crippen LogP contribution in [0.3, 0.4) is 0 Å². The Morgan fingerprint density at radius 2 is 1.86 bits per heavy atom. The Bertz CT molecular complexity index is 437. The normalized spacial score (nSPS) is 10.5. The Hall–Kier alpha value is -1.21. The summed E-state index contributed by atoms with van der Waals surface area (Å²) in [5, 5.41) is 0.744. The maximum atomic E-state index is 5.97. The average molecular weight is 207 g/mol. The van der Waals surface area contributed by atoms with Crippen molar-refractivity contribution in [3.05, 3.63) is 46.7 Å². The molecule has 0 aliphatic heterocycles. The summed E-state index contributed by atoms with van der Waals surface area (Å²) in [5.41, 5.74) is 2.17. The van der Waals surface area contributed by atoms with E-state index in [0.717, 1.165) is 27.7 Å². The van der Waals surface area contributed by atoms with E-state index in [1.54, 1.807) is 0 Å². The minimum atomic E-state index is 0.744. The highest BCUT2D eigenvalue weighted by molar-refractivity contribution is 6.30. The number of aryl methyl sites for hydroxylation is 2. The first-order valence-electron chi connectivity index (χ1n) is 4.49. The van der Waals surface area contributed by atoms with Gasteiger partial charge in [0.25, 0.3) is 0 Å². The molecule has 0 amide bonds. The van der Waals surface area contributed by atoms with Gasteiger partial charge < -0.3 is 4.42 Å². The zero-order valence-corrected chi connectivity index (χ0v) is 8.93. The number of hydrogen-bond acceptors (Lipinski definition) is 1. The summed E-state index contributed by atoms with van der Waals surface area (Å²) in [5.74, 6) is 1.78. The largest absolute Gasteiger partial charge is 0.461 e. The van der Waals surface area contributed by atoms with Gasteiger partial charge in [-0.2, -0.15) is 0 Å². The third-order valence-corrected chi connectivity index (χ3v) is 2.29. The molecule has 0 radical (unpaired) electrons. The van der Waals surface area contributed by atoms with Crippen LogP contribution in [-0.2, 0) is 0 Å². The van der Waals surface area contributed by atoms with Crippen molar-refractivity contribution in [1.82, 2.24) is 0 Å². The fraction of sp³-hybridized carbons (Fsp3) is 0.167. The molecule has 0 aliphatic carbocycles. The predicted octanol–water partition coefficient (Wildman–Crippen LogP) is 4.22. The highest BCUT2D eigenvalue weighted by Gasteiger charge is 2.03. The van der Waals surface area contributed by atoms with Gasteiger partial charge in [0, 0.05) is 10.6 Å². The summed E-state index contributed by atoms with van der Waals surface area (Å²) in [7, 11) is 0. The zero-order valence-electron chi connectivity index (χ0n) is 8.17. The van der Waals surface area contributed by atoms with Crippen molar-refractivity contribution in [3.63, 3.8) is 0 Å². The van der Waals surface area contributed by atoms with E-state index in [9.17, 15) is 0 Å². The molecule has 0 N–H and O–H groups in total. The first-order valence-corrected chi connectivity index (χ1v) is 4.87. The molecule has 2 rings (SSSR count). The maximum Gasteiger partial charge on any atom is 0.134 e. The van der Waals surface area contributed by atoms with Crippen molar-refractivity contribution in [1.29, 1.82) is 0 Å². The molecule has 0 unspecified atom stereocenters. The topological polar surface area (TPSA) is 13.1 Å². The lowest BCUT2D eigenvalue weighted by Gasteiger charge is -2.00. The van der Waals surface area contributed by atoms with Gasteiger partial charge in [-0.25, -0.2) is 0 Å². The molecule has 0 saturated heterocycles. The molecule has 0 bridgehead atoms. The van der Waals surface area contributed by atoms with Gasteiger partial charge in [0.2, 0.25) is 0 Å². The van der Waals surface area contributed by atoms with E-state index < -0.39 is 0 Å². The molecule has 1 heterocycles. The Kier molecular flexibility index (Phi) is 2.34. The van der Waals surface area contributed by atoms with Crippen LogP contribution in [-0.4, -0.2) is 0 Å². The quantitative estimate of drug-likeness (QED) is 0.681. The summed E-state index contributed by atoms with van der Waals surface area (Å²) in [6.07, 6.45) is 0. The third-order valence-electron chi connectivity index (χ3n) is 2.07. The van der Waals surface area contributed by atoms with Gasteiger partial charge in [0.1, 0.15) is 11.5 Å². The van der Waals surface area contributed by atoms with Gasteiger partial charge in [-0.1, -0.05) is 11.6 Å². The van der Waals surface area contributed by atoms with Crippen molar-refractivity contribution in [2.24, 2.45) is 0 Å². The van der Waals surface area contributed by atoms with Crippen LogP contribution in [0.2, 0.25) is 5.02 Å². The molecule has 1 aromatic heterocycles. The first kappa shape index (κ1) is 9.35. The summed E-state index contributed by atoms with van der Waals surface area (Å²) in [6.45, 7) is 3.95. The lowest BCUT2D eigenvalue weighted by atomic mass is 10.1. The van der Waals surface area contributed by atoms with Gasteiger partial charge in [0.15, 0.2) is 0 Å². The second-order valence-electron chi connectivity index (χ2n) is 3.43. The molecule has 1 aromatic carbocycles. The van der Waals surface area contributed by atoms with Crippen molar-refractivity contribution in [2.45, 2.75) is 13.8 Å². The van der Waals surface area contributed by atoms with Gasteiger partial charge >= 0.3 is 0 Å². The molecule has 0 fully saturated rings. The number of benzene rings is 1. The van der Waals surface area contributed by atoms with Crippen LogP contribution in [0.1, 0.15) is 11.3 Å². The molecular weight excluding hydrogens is 196 g/mol. The van der Waals surface area contributed by atoms with Gasteiger partial charge in [0.05, 0.1) is 0 Å². The molecular formula is C12H11ClO. The van der Waals surface area contributed by atoms with Crippen LogP contribution in [0.25, 0.3) is 11.3 Å². The van der Waals surface area contributed by atoms with Crippen molar-refractivity contribution in [3.8, 4) is 11.3 Å². The molecule has 0 aliphatic rings. The standard InChI is InChI=1S/C12H11ClO/c1-8-5-10(7-11(13)6-8)12-4-3-9(2)14-12/h3-7H,1-2H3. The average Bonchev–Trinajstić information content (AvgIpc) is 2.50. The molecule has 2 aromatic rings. The van der Waals surface area contributed by atoms with Crippen LogP contribution < -0.4 is 0 Å². The molecule has 0 atom stereocenters. The van der Waals surface area contributed by atoms with Crippen LogP contribution in [0.5, 0.6) is 0 Å². The molecule has 14 heavy (non-hydrogen) atoms. The number of halogens is 1. The van der Waals surface area contributed by atoms with Crippen molar-refractivity contribution >= 4 is 11.6 Å². The Morgan fingerprint density at radius 1 is 1.07 bits per heavy atom. The third kappa shape index (κ3) is 1.83. The lowest BCUT2D eigenvalue weighted by Crippen LogP contribution is -1.77. The van der Waals surface area contributed by atoms with Crippen LogP contribution in [0.4, 0.5) is 0 Å². The summed E-state index contributed by atoms with van der Waals surface area (Å²) in [4.78, 5) is 0. The van der Waals surface area contributed by atoms with E-state index in [2.05, 4.69) is 6.07 Å². The second kappa shape index (κ2) is 3.50. The Labute approximate surface area is 88.3 Å². The minimum absolute atomic E-state index is 0.744.